The first-order valence-electron chi connectivity index (χ1n) is 7.04. The van der Waals surface area contributed by atoms with E-state index in [4.69, 9.17) is 8.94 Å². The molecule has 26 heavy (non-hydrogen) atoms. The van der Waals surface area contributed by atoms with Crippen LogP contribution in [0.5, 0.6) is 5.75 Å². The van der Waals surface area contributed by atoms with Crippen molar-refractivity contribution in [1.29, 1.82) is 0 Å². The molecule has 0 fully saturated rings. The lowest BCUT2D eigenvalue weighted by molar-refractivity contribution is -0.274. The zero-order chi connectivity index (χ0) is 18.9. The molecule has 3 aromatic rings. The fraction of sp³-hybridized carbons (Fsp3) is 0.133. The van der Waals surface area contributed by atoms with Gasteiger partial charge in [0, 0.05) is 17.8 Å². The molecule has 2 heterocycles. The first kappa shape index (κ1) is 17.9. The van der Waals surface area contributed by atoms with Gasteiger partial charge in [-0.15, -0.1) is 13.2 Å². The first-order valence-corrected chi connectivity index (χ1v) is 8.52. The summed E-state index contributed by atoms with van der Waals surface area (Å²) in [5.41, 5.74) is 0.0568. The summed E-state index contributed by atoms with van der Waals surface area (Å²) in [6.45, 7) is 1.45. The van der Waals surface area contributed by atoms with Gasteiger partial charge in [0.2, 0.25) is 5.76 Å². The minimum Gasteiger partial charge on any atom is -0.456 e. The van der Waals surface area contributed by atoms with Gasteiger partial charge in [-0.25, -0.2) is 8.42 Å². The molecule has 0 atom stereocenters. The Hall–Kier alpha value is -2.95. The molecule has 138 valence electrons. The van der Waals surface area contributed by atoms with Crippen LogP contribution in [0.2, 0.25) is 0 Å². The Bertz CT molecular complexity index is 993. The normalized spacial score (nSPS) is 12.2. The Labute approximate surface area is 145 Å². The van der Waals surface area contributed by atoms with Gasteiger partial charge in [0.15, 0.2) is 5.76 Å². The molecule has 0 aliphatic rings. The van der Waals surface area contributed by atoms with Gasteiger partial charge in [-0.2, -0.15) is 0 Å². The standard InChI is InChI=1S/C15H11F3N2O5S/c1-9-14(8-13(23-9)12-6-7-19-25-12)26(21,22)20-10-2-4-11(5-3-10)24-15(16,17)18/h2-8,20H,1H3. The van der Waals surface area contributed by atoms with Gasteiger partial charge in [0.25, 0.3) is 10.0 Å². The van der Waals surface area contributed by atoms with E-state index >= 15 is 0 Å². The van der Waals surface area contributed by atoms with Crippen LogP contribution in [0.15, 0.2) is 56.4 Å². The number of hydrogen-bond donors (Lipinski definition) is 1. The predicted octanol–water partition coefficient (Wildman–Crippen LogP) is 3.94. The third kappa shape index (κ3) is 3.99. The number of hydrogen-bond acceptors (Lipinski definition) is 6. The SMILES string of the molecule is Cc1oc(-c2ccno2)cc1S(=O)(=O)Nc1ccc(OC(F)(F)F)cc1. The molecule has 0 saturated carbocycles. The Morgan fingerprint density at radius 3 is 2.38 bits per heavy atom. The van der Waals surface area contributed by atoms with Crippen LogP contribution in [-0.2, 0) is 10.0 Å². The second-order valence-corrected chi connectivity index (χ2v) is 6.74. The van der Waals surface area contributed by atoms with E-state index in [-0.39, 0.29) is 27.9 Å². The van der Waals surface area contributed by atoms with Crippen LogP contribution < -0.4 is 9.46 Å². The van der Waals surface area contributed by atoms with Crippen LogP contribution in [0.25, 0.3) is 11.5 Å². The van der Waals surface area contributed by atoms with Crippen molar-refractivity contribution in [3.05, 3.63) is 48.4 Å². The molecule has 0 radical (unpaired) electrons. The maximum Gasteiger partial charge on any atom is 0.573 e. The molecule has 0 aliphatic heterocycles. The number of sulfonamides is 1. The maximum atomic E-state index is 12.5. The summed E-state index contributed by atoms with van der Waals surface area (Å²) in [6, 6.07) is 7.04. The van der Waals surface area contributed by atoms with E-state index in [9.17, 15) is 21.6 Å². The highest BCUT2D eigenvalue weighted by molar-refractivity contribution is 7.92. The monoisotopic (exact) mass is 388 g/mol. The summed E-state index contributed by atoms with van der Waals surface area (Å²) < 4.78 is 77.7. The number of halogens is 3. The van der Waals surface area contributed by atoms with E-state index in [1.54, 1.807) is 0 Å². The van der Waals surface area contributed by atoms with E-state index in [0.717, 1.165) is 24.3 Å². The van der Waals surface area contributed by atoms with E-state index in [0.29, 0.717) is 0 Å². The number of aryl methyl sites for hydroxylation is 1. The van der Waals surface area contributed by atoms with Crippen molar-refractivity contribution in [1.82, 2.24) is 5.16 Å². The first-order chi connectivity index (χ1) is 12.1. The van der Waals surface area contributed by atoms with Gasteiger partial charge >= 0.3 is 6.36 Å². The van der Waals surface area contributed by atoms with E-state index in [1.165, 1.54) is 25.3 Å². The Kier molecular flexibility index (Phi) is 4.40. The van der Waals surface area contributed by atoms with Crippen molar-refractivity contribution in [2.24, 2.45) is 0 Å². The Morgan fingerprint density at radius 1 is 1.12 bits per heavy atom. The molecule has 0 amide bonds. The van der Waals surface area contributed by atoms with Crippen molar-refractivity contribution in [2.75, 3.05) is 4.72 Å². The van der Waals surface area contributed by atoms with E-state index in [2.05, 4.69) is 14.6 Å². The zero-order valence-electron chi connectivity index (χ0n) is 13.1. The van der Waals surface area contributed by atoms with Gasteiger partial charge in [-0.05, 0) is 31.2 Å². The van der Waals surface area contributed by atoms with Crippen molar-refractivity contribution in [3.8, 4) is 17.3 Å². The van der Waals surface area contributed by atoms with Crippen molar-refractivity contribution < 1.29 is 35.3 Å². The quantitative estimate of drug-likeness (QED) is 0.711. The lowest BCUT2D eigenvalue weighted by atomic mass is 10.3. The van der Waals surface area contributed by atoms with Gasteiger partial charge in [-0.3, -0.25) is 4.72 Å². The largest absolute Gasteiger partial charge is 0.573 e. The molecule has 1 N–H and O–H groups in total. The lowest BCUT2D eigenvalue weighted by Crippen LogP contribution is -2.17. The second-order valence-electron chi connectivity index (χ2n) is 5.09. The molecule has 0 unspecified atom stereocenters. The number of benzene rings is 1. The Balaban J connectivity index is 1.81. The predicted molar refractivity (Wildman–Crippen MR) is 82.9 cm³/mol. The highest BCUT2D eigenvalue weighted by atomic mass is 32.2. The number of furan rings is 1. The molecular formula is C15H11F3N2O5S. The maximum absolute atomic E-state index is 12.5. The molecule has 11 heteroatoms. The van der Waals surface area contributed by atoms with E-state index < -0.39 is 22.1 Å². The average molecular weight is 388 g/mol. The fourth-order valence-electron chi connectivity index (χ4n) is 2.13. The number of rotatable bonds is 5. The minimum atomic E-state index is -4.83. The summed E-state index contributed by atoms with van der Waals surface area (Å²) in [4.78, 5) is -0.139. The summed E-state index contributed by atoms with van der Waals surface area (Å²) in [5.74, 6) is 0.0750. The van der Waals surface area contributed by atoms with Crippen LogP contribution >= 0.6 is 0 Å². The lowest BCUT2D eigenvalue weighted by Gasteiger charge is -2.10. The molecule has 3 rings (SSSR count). The molecule has 2 aromatic heterocycles. The summed E-state index contributed by atoms with van der Waals surface area (Å²) in [6.07, 6.45) is -3.45. The number of ether oxygens (including phenoxy) is 1. The second kappa shape index (κ2) is 6.41. The van der Waals surface area contributed by atoms with Crippen LogP contribution in [0.3, 0.4) is 0 Å². The highest BCUT2D eigenvalue weighted by Gasteiger charge is 2.31. The molecule has 7 nitrogen and oxygen atoms in total. The van der Waals surface area contributed by atoms with Crippen molar-refractivity contribution >= 4 is 15.7 Å². The molecule has 0 bridgehead atoms. The van der Waals surface area contributed by atoms with Gasteiger partial charge in [0.05, 0.1) is 6.20 Å². The number of aromatic nitrogens is 1. The Morgan fingerprint density at radius 2 is 1.81 bits per heavy atom. The molecule has 0 aliphatic carbocycles. The fourth-order valence-corrected chi connectivity index (χ4v) is 3.37. The van der Waals surface area contributed by atoms with E-state index in [1.807, 2.05) is 0 Å². The zero-order valence-corrected chi connectivity index (χ0v) is 13.9. The van der Waals surface area contributed by atoms with Gasteiger partial charge in [-0.1, -0.05) is 5.16 Å². The molecule has 1 aromatic carbocycles. The third-order valence-electron chi connectivity index (χ3n) is 3.18. The minimum absolute atomic E-state index is 0.0568. The van der Waals surface area contributed by atoms with Crippen molar-refractivity contribution in [3.63, 3.8) is 0 Å². The summed E-state index contributed by atoms with van der Waals surface area (Å²) in [7, 11) is -4.03. The summed E-state index contributed by atoms with van der Waals surface area (Å²) >= 11 is 0. The smallest absolute Gasteiger partial charge is 0.456 e. The summed E-state index contributed by atoms with van der Waals surface area (Å²) in [5, 5.41) is 3.51. The van der Waals surface area contributed by atoms with Gasteiger partial charge < -0.3 is 13.7 Å². The average Bonchev–Trinajstić information content (AvgIpc) is 3.17. The molecule has 0 saturated heterocycles. The highest BCUT2D eigenvalue weighted by Crippen LogP contribution is 2.30. The molecule has 0 spiro atoms. The van der Waals surface area contributed by atoms with Crippen LogP contribution in [0.1, 0.15) is 5.76 Å². The van der Waals surface area contributed by atoms with Crippen LogP contribution in [-0.4, -0.2) is 19.9 Å². The number of alkyl halides is 3. The topological polar surface area (TPSA) is 94.6 Å². The van der Waals surface area contributed by atoms with Crippen molar-refractivity contribution in [2.45, 2.75) is 18.2 Å². The third-order valence-corrected chi connectivity index (χ3v) is 4.67. The number of nitrogens with one attached hydrogen (secondary N) is 1. The van der Waals surface area contributed by atoms with Gasteiger partial charge in [0.1, 0.15) is 16.4 Å². The van der Waals surface area contributed by atoms with Crippen LogP contribution in [0.4, 0.5) is 18.9 Å². The number of anilines is 1. The van der Waals surface area contributed by atoms with Crippen LogP contribution in [0, 0.1) is 6.92 Å². The number of nitrogens with zero attached hydrogens (tertiary/aromatic N) is 1. The molecular weight excluding hydrogens is 377 g/mol.